The predicted octanol–water partition coefficient (Wildman–Crippen LogP) is 5.97. The van der Waals surface area contributed by atoms with Crippen molar-refractivity contribution in [3.05, 3.63) is 84.4 Å². The molecule has 21 heavy (non-hydrogen) atoms. The molecule has 0 spiro atoms. The van der Waals surface area contributed by atoms with Gasteiger partial charge in [-0.25, -0.2) is 0 Å². The largest absolute Gasteiger partial charge is 0.0616 e. The van der Waals surface area contributed by atoms with Crippen molar-refractivity contribution in [2.24, 2.45) is 0 Å². The van der Waals surface area contributed by atoms with E-state index in [1.165, 1.54) is 38.2 Å². The fourth-order valence-corrected chi connectivity index (χ4v) is 3.02. The minimum atomic E-state index is 1.28. The van der Waals surface area contributed by atoms with Crippen LogP contribution in [0.5, 0.6) is 0 Å². The lowest BCUT2D eigenvalue weighted by molar-refractivity contribution is 1.47. The van der Waals surface area contributed by atoms with Crippen molar-refractivity contribution in [3.63, 3.8) is 0 Å². The van der Waals surface area contributed by atoms with Gasteiger partial charge in [-0.3, -0.25) is 0 Å². The molecule has 0 radical (unpaired) electrons. The predicted molar refractivity (Wildman–Crippen MR) is 91.6 cm³/mol. The van der Waals surface area contributed by atoms with E-state index in [2.05, 4.69) is 85.8 Å². The number of aryl methyl sites for hydroxylation is 1. The van der Waals surface area contributed by atoms with Crippen LogP contribution in [0.15, 0.2) is 78.9 Å². The number of hydrogen-bond acceptors (Lipinski definition) is 0. The lowest BCUT2D eigenvalue weighted by Crippen LogP contribution is -1.82. The maximum atomic E-state index is 2.29. The molecule has 0 saturated carbocycles. The van der Waals surface area contributed by atoms with Crippen LogP contribution in [0.3, 0.4) is 0 Å². The van der Waals surface area contributed by atoms with Crippen LogP contribution in [-0.2, 0) is 0 Å². The number of benzene rings is 4. The molecule has 4 rings (SSSR count). The van der Waals surface area contributed by atoms with Crippen molar-refractivity contribution in [1.29, 1.82) is 0 Å². The summed E-state index contributed by atoms with van der Waals surface area (Å²) in [6, 6.07) is 28.4. The molecule has 0 aliphatic rings. The Hall–Kier alpha value is -2.60. The molecule has 0 heteroatoms. The summed E-state index contributed by atoms with van der Waals surface area (Å²) in [5.74, 6) is 0. The van der Waals surface area contributed by atoms with Crippen LogP contribution in [0, 0.1) is 6.92 Å². The third-order valence-electron chi connectivity index (χ3n) is 4.10. The second kappa shape index (κ2) is 4.75. The van der Waals surface area contributed by atoms with Gasteiger partial charge in [0.2, 0.25) is 0 Å². The van der Waals surface area contributed by atoms with Crippen LogP contribution in [0.2, 0.25) is 0 Å². The van der Waals surface area contributed by atoms with E-state index < -0.39 is 0 Å². The van der Waals surface area contributed by atoms with Gasteiger partial charge in [-0.2, -0.15) is 0 Å². The van der Waals surface area contributed by atoms with Crippen LogP contribution >= 0.6 is 0 Å². The van der Waals surface area contributed by atoms with Gasteiger partial charge in [0.1, 0.15) is 0 Å². The minimum absolute atomic E-state index is 1.28. The molecule has 0 unspecified atom stereocenters. The van der Waals surface area contributed by atoms with Crippen molar-refractivity contribution < 1.29 is 0 Å². The molecular formula is C21H16. The Morgan fingerprint density at radius 3 is 2.19 bits per heavy atom. The molecule has 0 aliphatic heterocycles. The van der Waals surface area contributed by atoms with E-state index >= 15 is 0 Å². The molecule has 0 heterocycles. The number of fused-ring (bicyclic) bond motifs is 3. The van der Waals surface area contributed by atoms with E-state index in [-0.39, 0.29) is 0 Å². The first kappa shape index (κ1) is 12.2. The molecular weight excluding hydrogens is 252 g/mol. The van der Waals surface area contributed by atoms with Gasteiger partial charge in [-0.1, -0.05) is 78.4 Å². The highest BCUT2D eigenvalue weighted by atomic mass is 14.1. The van der Waals surface area contributed by atoms with Crippen molar-refractivity contribution in [2.75, 3.05) is 0 Å². The number of hydrogen-bond donors (Lipinski definition) is 0. The second-order valence-electron chi connectivity index (χ2n) is 5.59. The molecule has 0 fully saturated rings. The van der Waals surface area contributed by atoms with E-state index in [1.54, 1.807) is 0 Å². The lowest BCUT2D eigenvalue weighted by Gasteiger charge is -2.07. The monoisotopic (exact) mass is 268 g/mol. The second-order valence-corrected chi connectivity index (χ2v) is 5.59. The Labute approximate surface area is 124 Å². The van der Waals surface area contributed by atoms with E-state index in [0.29, 0.717) is 0 Å². The maximum Gasteiger partial charge on any atom is -0.0105 e. The van der Waals surface area contributed by atoms with Crippen LogP contribution in [-0.4, -0.2) is 0 Å². The summed E-state index contributed by atoms with van der Waals surface area (Å²) in [7, 11) is 0. The van der Waals surface area contributed by atoms with Crippen molar-refractivity contribution in [2.45, 2.75) is 6.92 Å². The van der Waals surface area contributed by atoms with Gasteiger partial charge in [0.15, 0.2) is 0 Å². The Balaban J connectivity index is 1.97. The number of rotatable bonds is 1. The van der Waals surface area contributed by atoms with E-state index in [1.807, 2.05) is 0 Å². The maximum absolute atomic E-state index is 2.29. The molecule has 0 saturated heterocycles. The summed E-state index contributed by atoms with van der Waals surface area (Å²) in [4.78, 5) is 0. The highest BCUT2D eigenvalue weighted by molar-refractivity contribution is 6.08. The summed E-state index contributed by atoms with van der Waals surface area (Å²) in [5.41, 5.74) is 3.86. The molecule has 0 aliphatic carbocycles. The first-order chi connectivity index (χ1) is 10.3. The van der Waals surface area contributed by atoms with Crippen LogP contribution in [0.25, 0.3) is 32.7 Å². The summed E-state index contributed by atoms with van der Waals surface area (Å²) < 4.78 is 0. The molecule has 0 amide bonds. The normalized spacial score (nSPS) is 11.1. The zero-order valence-corrected chi connectivity index (χ0v) is 12.0. The average Bonchev–Trinajstić information content (AvgIpc) is 2.54. The molecule has 0 aromatic heterocycles. The highest BCUT2D eigenvalue weighted by Crippen LogP contribution is 2.29. The summed E-state index contributed by atoms with van der Waals surface area (Å²) >= 11 is 0. The molecule has 0 atom stereocenters. The van der Waals surface area contributed by atoms with E-state index in [4.69, 9.17) is 0 Å². The van der Waals surface area contributed by atoms with Gasteiger partial charge in [0, 0.05) is 0 Å². The summed E-state index contributed by atoms with van der Waals surface area (Å²) in [6.45, 7) is 2.14. The van der Waals surface area contributed by atoms with Gasteiger partial charge >= 0.3 is 0 Å². The van der Waals surface area contributed by atoms with E-state index in [0.717, 1.165) is 0 Å². The first-order valence-corrected chi connectivity index (χ1v) is 7.30. The van der Waals surface area contributed by atoms with Crippen LogP contribution in [0.4, 0.5) is 0 Å². The van der Waals surface area contributed by atoms with Gasteiger partial charge in [0.05, 0.1) is 0 Å². The molecule has 100 valence electrons. The fraction of sp³-hybridized carbons (Fsp3) is 0.0476. The van der Waals surface area contributed by atoms with E-state index in [9.17, 15) is 0 Å². The summed E-state index contributed by atoms with van der Waals surface area (Å²) in [6.07, 6.45) is 0. The van der Waals surface area contributed by atoms with Crippen LogP contribution in [0.1, 0.15) is 5.56 Å². The topological polar surface area (TPSA) is 0 Å². The first-order valence-electron chi connectivity index (χ1n) is 7.30. The standard InChI is InChI=1S/C21H16/c1-15-5-4-7-17(13-15)18-11-12-21-19(14-18)10-9-16-6-2-3-8-20(16)21/h2-14H,1H3. The molecule has 0 bridgehead atoms. The Kier molecular flexibility index (Phi) is 2.75. The smallest absolute Gasteiger partial charge is 0.0105 e. The SMILES string of the molecule is Cc1cccc(-c2ccc3c(ccc4ccccc43)c2)c1. The average molecular weight is 268 g/mol. The third-order valence-corrected chi connectivity index (χ3v) is 4.10. The Morgan fingerprint density at radius 1 is 0.524 bits per heavy atom. The molecule has 4 aromatic rings. The quantitative estimate of drug-likeness (QED) is 0.373. The molecule has 0 N–H and O–H groups in total. The fourth-order valence-electron chi connectivity index (χ4n) is 3.02. The van der Waals surface area contributed by atoms with Gasteiger partial charge in [-0.15, -0.1) is 0 Å². The van der Waals surface area contributed by atoms with Crippen molar-refractivity contribution in [3.8, 4) is 11.1 Å². The zero-order valence-electron chi connectivity index (χ0n) is 12.0. The summed E-state index contributed by atoms with van der Waals surface area (Å²) in [5, 5.41) is 5.25. The minimum Gasteiger partial charge on any atom is -0.0616 e. The van der Waals surface area contributed by atoms with Gasteiger partial charge in [-0.05, 0) is 45.7 Å². The van der Waals surface area contributed by atoms with Gasteiger partial charge in [0.25, 0.3) is 0 Å². The third kappa shape index (κ3) is 2.09. The zero-order chi connectivity index (χ0) is 14.2. The van der Waals surface area contributed by atoms with Crippen molar-refractivity contribution >= 4 is 21.5 Å². The van der Waals surface area contributed by atoms with Gasteiger partial charge < -0.3 is 0 Å². The lowest BCUT2D eigenvalue weighted by atomic mass is 9.97. The Bertz CT molecular complexity index is 948. The highest BCUT2D eigenvalue weighted by Gasteiger charge is 2.03. The molecule has 4 aromatic carbocycles. The van der Waals surface area contributed by atoms with Crippen molar-refractivity contribution in [1.82, 2.24) is 0 Å². The Morgan fingerprint density at radius 2 is 1.29 bits per heavy atom. The molecule has 0 nitrogen and oxygen atoms in total. The van der Waals surface area contributed by atoms with Crippen LogP contribution < -0.4 is 0 Å².